The van der Waals surface area contributed by atoms with Crippen LogP contribution in [0.4, 0.5) is 11.4 Å². The molecule has 0 aliphatic carbocycles. The zero-order valence-electron chi connectivity index (χ0n) is 21.9. The Bertz CT molecular complexity index is 1620. The number of hydrogen-bond donors (Lipinski definition) is 4. The van der Waals surface area contributed by atoms with Gasteiger partial charge in [0, 0.05) is 36.4 Å². The van der Waals surface area contributed by atoms with Crippen LogP contribution in [0, 0.1) is 0 Å². The Hall–Kier alpha value is -4.19. The van der Waals surface area contributed by atoms with Gasteiger partial charge in [-0.05, 0) is 47.4 Å². The highest BCUT2D eigenvalue weighted by molar-refractivity contribution is 7.89. The van der Waals surface area contributed by atoms with Crippen LogP contribution in [-0.4, -0.2) is 33.5 Å². The smallest absolute Gasteiger partial charge is 0.252 e. The van der Waals surface area contributed by atoms with Crippen LogP contribution in [0.1, 0.15) is 34.0 Å². The van der Waals surface area contributed by atoms with Crippen molar-refractivity contribution in [2.24, 2.45) is 10.9 Å². The molecule has 11 heteroatoms. The molecule has 1 aromatic heterocycles. The molecule has 0 aliphatic heterocycles. The maximum Gasteiger partial charge on any atom is 0.252 e. The lowest BCUT2D eigenvalue weighted by atomic mass is 10.0. The van der Waals surface area contributed by atoms with Crippen molar-refractivity contribution < 1.29 is 22.7 Å². The van der Waals surface area contributed by atoms with E-state index in [1.807, 2.05) is 18.2 Å². The van der Waals surface area contributed by atoms with E-state index in [2.05, 4.69) is 22.5 Å². The van der Waals surface area contributed by atoms with Crippen LogP contribution in [0.5, 0.6) is 11.5 Å². The quantitative estimate of drug-likeness (QED) is 0.221. The number of ether oxygens (including phenoxy) is 2. The second-order valence-electron chi connectivity index (χ2n) is 8.85. The standard InChI is InChI=1S/C28H31N5O5S/c1-4-20-18(15-31-14-17-8-10-19(11-9-17)39(30,35)36)6-5-7-23(20)33-27-21-12-25(37-2)26(38-3)13-24(21)32-16-22(27)28(29)34/h5-13,16,31H,4,14-15H2,1-3H3,(H2,29,34)(H,32,33)(H2,30,35,36). The average molecular weight is 550 g/mol. The number of amides is 1. The van der Waals surface area contributed by atoms with E-state index in [1.54, 1.807) is 38.5 Å². The topological polar surface area (TPSA) is 159 Å². The Kier molecular flexibility index (Phi) is 8.34. The van der Waals surface area contributed by atoms with Crippen molar-refractivity contribution >= 4 is 38.2 Å². The number of anilines is 2. The molecular formula is C28H31N5O5S. The SMILES string of the molecule is CCc1c(CNCc2ccc(S(N)(=O)=O)cc2)cccc1Nc1c(C(N)=O)cnc2cc(OC)c(OC)cc12. The summed E-state index contributed by atoms with van der Waals surface area (Å²) in [6.07, 6.45) is 2.19. The molecule has 0 atom stereocenters. The first-order valence-corrected chi connectivity index (χ1v) is 13.8. The zero-order chi connectivity index (χ0) is 28.2. The van der Waals surface area contributed by atoms with Crippen LogP contribution < -0.4 is 31.0 Å². The molecular weight excluding hydrogens is 518 g/mol. The number of benzene rings is 3. The van der Waals surface area contributed by atoms with Gasteiger partial charge in [-0.15, -0.1) is 0 Å². The van der Waals surface area contributed by atoms with Gasteiger partial charge in [0.15, 0.2) is 11.5 Å². The Balaban J connectivity index is 1.63. The Morgan fingerprint density at radius 3 is 2.31 bits per heavy atom. The molecule has 39 heavy (non-hydrogen) atoms. The molecule has 0 saturated heterocycles. The number of sulfonamides is 1. The number of rotatable bonds is 11. The summed E-state index contributed by atoms with van der Waals surface area (Å²) in [7, 11) is -0.633. The number of nitrogens with two attached hydrogens (primary N) is 2. The molecule has 0 spiro atoms. The minimum absolute atomic E-state index is 0.0772. The van der Waals surface area contributed by atoms with Gasteiger partial charge in [0.05, 0.1) is 35.9 Å². The van der Waals surface area contributed by atoms with Gasteiger partial charge in [-0.25, -0.2) is 13.6 Å². The Morgan fingerprint density at radius 1 is 1.00 bits per heavy atom. The van der Waals surface area contributed by atoms with E-state index in [0.717, 1.165) is 28.8 Å². The molecule has 0 aliphatic rings. The Morgan fingerprint density at radius 2 is 1.69 bits per heavy atom. The van der Waals surface area contributed by atoms with Crippen molar-refractivity contribution in [3.63, 3.8) is 0 Å². The fourth-order valence-electron chi connectivity index (χ4n) is 4.45. The summed E-state index contributed by atoms with van der Waals surface area (Å²) in [5, 5.41) is 12.7. The lowest BCUT2D eigenvalue weighted by molar-refractivity contribution is 0.100. The van der Waals surface area contributed by atoms with E-state index in [-0.39, 0.29) is 10.5 Å². The first-order chi connectivity index (χ1) is 18.7. The molecule has 0 bridgehead atoms. The predicted octanol–water partition coefficient (Wildman–Crippen LogP) is 3.59. The third kappa shape index (κ3) is 6.11. The largest absolute Gasteiger partial charge is 0.493 e. The number of primary amides is 1. The molecule has 1 amide bonds. The van der Waals surface area contributed by atoms with Crippen LogP contribution in [0.25, 0.3) is 10.9 Å². The number of aromatic nitrogens is 1. The minimum atomic E-state index is -3.73. The van der Waals surface area contributed by atoms with Crippen molar-refractivity contribution in [1.82, 2.24) is 10.3 Å². The summed E-state index contributed by atoms with van der Waals surface area (Å²) in [4.78, 5) is 16.8. The Labute approximate surface area is 227 Å². The van der Waals surface area contributed by atoms with Gasteiger partial charge in [-0.1, -0.05) is 31.2 Å². The summed E-state index contributed by atoms with van der Waals surface area (Å²) in [6.45, 7) is 3.16. The van der Waals surface area contributed by atoms with Crippen LogP contribution >= 0.6 is 0 Å². The zero-order valence-corrected chi connectivity index (χ0v) is 22.8. The summed E-state index contributed by atoms with van der Waals surface area (Å²) >= 11 is 0. The van der Waals surface area contributed by atoms with Crippen LogP contribution in [0.15, 0.2) is 65.7 Å². The molecule has 10 nitrogen and oxygen atoms in total. The fraction of sp³-hybridized carbons (Fsp3) is 0.214. The first-order valence-electron chi connectivity index (χ1n) is 12.2. The molecule has 204 valence electrons. The lowest BCUT2D eigenvalue weighted by Gasteiger charge is -2.19. The summed E-state index contributed by atoms with van der Waals surface area (Å²) in [6, 6.07) is 15.9. The van der Waals surface area contributed by atoms with Crippen molar-refractivity contribution in [2.75, 3.05) is 19.5 Å². The van der Waals surface area contributed by atoms with Gasteiger partial charge < -0.3 is 25.8 Å². The van der Waals surface area contributed by atoms with Crippen LogP contribution in [0.3, 0.4) is 0 Å². The van der Waals surface area contributed by atoms with Gasteiger partial charge in [-0.3, -0.25) is 9.78 Å². The van der Waals surface area contributed by atoms with Gasteiger partial charge in [0.25, 0.3) is 5.91 Å². The molecule has 4 aromatic rings. The third-order valence-corrected chi connectivity index (χ3v) is 7.35. The molecule has 0 radical (unpaired) electrons. The van der Waals surface area contributed by atoms with E-state index in [9.17, 15) is 13.2 Å². The monoisotopic (exact) mass is 549 g/mol. The van der Waals surface area contributed by atoms with E-state index >= 15 is 0 Å². The first kappa shape index (κ1) is 27.8. The van der Waals surface area contributed by atoms with E-state index in [4.69, 9.17) is 20.3 Å². The number of nitrogens with one attached hydrogen (secondary N) is 2. The molecule has 6 N–H and O–H groups in total. The van der Waals surface area contributed by atoms with Crippen LogP contribution in [-0.2, 0) is 29.5 Å². The van der Waals surface area contributed by atoms with E-state index in [1.165, 1.54) is 18.3 Å². The highest BCUT2D eigenvalue weighted by Crippen LogP contribution is 2.37. The second-order valence-corrected chi connectivity index (χ2v) is 10.4. The molecule has 3 aromatic carbocycles. The van der Waals surface area contributed by atoms with Gasteiger partial charge in [0.2, 0.25) is 10.0 Å². The number of primary sulfonamides is 1. The summed E-state index contributed by atoms with van der Waals surface area (Å²) in [5.41, 5.74) is 11.0. The number of methoxy groups -OCH3 is 2. The minimum Gasteiger partial charge on any atom is -0.493 e. The maximum atomic E-state index is 12.3. The van der Waals surface area contributed by atoms with Crippen molar-refractivity contribution in [3.8, 4) is 11.5 Å². The third-order valence-electron chi connectivity index (χ3n) is 6.42. The molecule has 0 unspecified atom stereocenters. The number of hydrogen-bond acceptors (Lipinski definition) is 8. The fourth-order valence-corrected chi connectivity index (χ4v) is 4.96. The molecule has 0 saturated carbocycles. The number of carbonyl (C=O) groups is 1. The second kappa shape index (κ2) is 11.7. The van der Waals surface area contributed by atoms with Gasteiger partial charge in [0.1, 0.15) is 0 Å². The molecule has 1 heterocycles. The summed E-state index contributed by atoms with van der Waals surface area (Å²) < 4.78 is 33.8. The van der Waals surface area contributed by atoms with Crippen molar-refractivity contribution in [1.29, 1.82) is 0 Å². The summed E-state index contributed by atoms with van der Waals surface area (Å²) in [5.74, 6) is 0.421. The van der Waals surface area contributed by atoms with Crippen molar-refractivity contribution in [2.45, 2.75) is 31.3 Å². The van der Waals surface area contributed by atoms with E-state index < -0.39 is 15.9 Å². The lowest BCUT2D eigenvalue weighted by Crippen LogP contribution is -2.16. The van der Waals surface area contributed by atoms with E-state index in [0.29, 0.717) is 41.2 Å². The maximum absolute atomic E-state index is 12.3. The number of fused-ring (bicyclic) bond motifs is 1. The normalized spacial score (nSPS) is 11.4. The highest BCUT2D eigenvalue weighted by atomic mass is 32.2. The molecule has 0 fully saturated rings. The molecule has 4 rings (SSSR count). The van der Waals surface area contributed by atoms with Gasteiger partial charge >= 0.3 is 0 Å². The predicted molar refractivity (Wildman–Crippen MR) is 151 cm³/mol. The van der Waals surface area contributed by atoms with Crippen molar-refractivity contribution in [3.05, 3.63) is 83.0 Å². The number of pyridine rings is 1. The average Bonchev–Trinajstić information content (AvgIpc) is 2.92. The number of carbonyl (C=O) groups excluding carboxylic acids is 1. The number of nitrogens with zero attached hydrogens (tertiary/aromatic N) is 1. The van der Waals surface area contributed by atoms with Crippen LogP contribution in [0.2, 0.25) is 0 Å². The van der Waals surface area contributed by atoms with Gasteiger partial charge in [-0.2, -0.15) is 0 Å². The highest BCUT2D eigenvalue weighted by Gasteiger charge is 2.18.